The molecule has 0 fully saturated rings. The number of carbonyl (C=O) groups is 2. The van der Waals surface area contributed by atoms with Crippen LogP contribution in [0.15, 0.2) is 83.8 Å². The van der Waals surface area contributed by atoms with Gasteiger partial charge in [0.2, 0.25) is 0 Å². The third-order valence-electron chi connectivity index (χ3n) is 6.01. The molecule has 0 radical (unpaired) electrons. The number of nitrogens with zero attached hydrogens (tertiary/aromatic N) is 3. The Hall–Kier alpha value is -5.26. The lowest BCUT2D eigenvalue weighted by Crippen LogP contribution is -2.31. The van der Waals surface area contributed by atoms with Gasteiger partial charge in [0.25, 0.3) is 5.91 Å². The van der Waals surface area contributed by atoms with Gasteiger partial charge in [-0.05, 0) is 48.0 Å². The summed E-state index contributed by atoms with van der Waals surface area (Å²) in [7, 11) is 0. The van der Waals surface area contributed by atoms with Crippen molar-refractivity contribution in [1.82, 2.24) is 25.1 Å². The van der Waals surface area contributed by atoms with E-state index in [1.807, 2.05) is 0 Å². The summed E-state index contributed by atoms with van der Waals surface area (Å²) in [5.74, 6) is -2.16. The highest BCUT2D eigenvalue weighted by molar-refractivity contribution is 5.96. The van der Waals surface area contributed by atoms with Crippen LogP contribution in [0.2, 0.25) is 0 Å². The Bertz CT molecular complexity index is 1750. The number of pyridine rings is 2. The number of carboxylic acid groups (broad SMARTS) is 1. The Morgan fingerprint density at radius 3 is 2.31 bits per heavy atom. The molecule has 5 aromatic rings. The molecule has 0 saturated heterocycles. The van der Waals surface area contributed by atoms with E-state index >= 15 is 0 Å². The minimum absolute atomic E-state index is 0.175. The zero-order valence-corrected chi connectivity index (χ0v) is 19.9. The molecule has 0 aliphatic heterocycles. The predicted octanol–water partition coefficient (Wildman–Crippen LogP) is 4.42. The van der Waals surface area contributed by atoms with Crippen molar-refractivity contribution < 1.29 is 27.9 Å². The van der Waals surface area contributed by atoms with E-state index < -0.39 is 47.1 Å². The van der Waals surface area contributed by atoms with E-state index in [1.165, 1.54) is 12.1 Å². The molecule has 9 nitrogen and oxygen atoms in total. The summed E-state index contributed by atoms with van der Waals surface area (Å²) in [6, 6.07) is 17.6. The van der Waals surface area contributed by atoms with Crippen LogP contribution in [0.1, 0.15) is 32.1 Å². The van der Waals surface area contributed by atoms with Crippen LogP contribution in [0.4, 0.5) is 13.2 Å². The van der Waals surface area contributed by atoms with Gasteiger partial charge in [-0.2, -0.15) is 18.3 Å². The number of amides is 1. The molecular weight excluding hydrogens is 515 g/mol. The maximum Gasteiger partial charge on any atom is 0.433 e. The van der Waals surface area contributed by atoms with Gasteiger partial charge >= 0.3 is 12.1 Å². The highest BCUT2D eigenvalue weighted by atomic mass is 19.4. The fourth-order valence-electron chi connectivity index (χ4n) is 4.17. The summed E-state index contributed by atoms with van der Waals surface area (Å²) in [5.41, 5.74) is -1.59. The molecule has 1 amide bonds. The molecule has 3 heterocycles. The van der Waals surface area contributed by atoms with Crippen molar-refractivity contribution in [2.45, 2.75) is 12.7 Å². The van der Waals surface area contributed by atoms with Crippen molar-refractivity contribution >= 4 is 22.9 Å². The summed E-state index contributed by atoms with van der Waals surface area (Å²) in [6.07, 6.45) is -3.24. The summed E-state index contributed by atoms with van der Waals surface area (Å²) >= 11 is 0. The van der Waals surface area contributed by atoms with Gasteiger partial charge in [-0.1, -0.05) is 30.3 Å². The monoisotopic (exact) mass is 533 g/mol. The van der Waals surface area contributed by atoms with Crippen molar-refractivity contribution in [2.75, 3.05) is 0 Å². The van der Waals surface area contributed by atoms with E-state index in [9.17, 15) is 32.7 Å². The third-order valence-corrected chi connectivity index (χ3v) is 6.01. The number of halogens is 3. The second-order valence-corrected chi connectivity index (χ2v) is 8.43. The normalized spacial score (nSPS) is 11.5. The second kappa shape index (κ2) is 9.89. The molecule has 3 aromatic heterocycles. The number of aromatic nitrogens is 4. The summed E-state index contributed by atoms with van der Waals surface area (Å²) in [4.78, 5) is 42.3. The number of aromatic amines is 1. The zero-order chi connectivity index (χ0) is 27.7. The highest BCUT2D eigenvalue weighted by Gasteiger charge is 2.34. The van der Waals surface area contributed by atoms with Crippen LogP contribution in [0.3, 0.4) is 0 Å². The smallest absolute Gasteiger partial charge is 0.433 e. The molecular formula is C27H18F3N5O4. The van der Waals surface area contributed by atoms with Gasteiger partial charge in [-0.3, -0.25) is 19.3 Å². The number of carbonyl (C=O) groups excluding carboxylic acids is 1. The fourth-order valence-corrected chi connectivity index (χ4v) is 4.17. The van der Waals surface area contributed by atoms with E-state index in [0.717, 1.165) is 21.9 Å². The lowest BCUT2D eigenvalue weighted by atomic mass is 10.1. The van der Waals surface area contributed by atoms with Crippen LogP contribution in [-0.4, -0.2) is 36.7 Å². The SMILES string of the molecule is O=C(NCc1c(C(=O)O)n(-c2ccccc2)c2nc(C(F)(F)F)ccc2c1=O)c1ccc(-c2ccn[nH]2)cc1. The average Bonchev–Trinajstić information content (AvgIpc) is 3.47. The number of rotatable bonds is 6. The van der Waals surface area contributed by atoms with Crippen LogP contribution < -0.4 is 10.7 Å². The Morgan fingerprint density at radius 1 is 0.974 bits per heavy atom. The van der Waals surface area contributed by atoms with E-state index in [2.05, 4.69) is 20.5 Å². The van der Waals surface area contributed by atoms with Gasteiger partial charge in [0.05, 0.1) is 16.6 Å². The average molecular weight is 533 g/mol. The van der Waals surface area contributed by atoms with Gasteiger partial charge in [-0.15, -0.1) is 0 Å². The molecule has 0 bridgehead atoms. The van der Waals surface area contributed by atoms with Crippen LogP contribution in [0, 0.1) is 0 Å². The lowest BCUT2D eigenvalue weighted by molar-refractivity contribution is -0.141. The number of carboxylic acids is 1. The van der Waals surface area contributed by atoms with Gasteiger partial charge in [0.15, 0.2) is 5.43 Å². The molecule has 0 spiro atoms. The van der Waals surface area contributed by atoms with Gasteiger partial charge in [0.1, 0.15) is 17.0 Å². The summed E-state index contributed by atoms with van der Waals surface area (Å²) in [5, 5.41) is 19.1. The van der Waals surface area contributed by atoms with E-state index in [-0.39, 0.29) is 22.2 Å². The number of para-hydroxylation sites is 1. The van der Waals surface area contributed by atoms with Gasteiger partial charge < -0.3 is 10.4 Å². The Kier molecular flexibility index (Phi) is 6.44. The second-order valence-electron chi connectivity index (χ2n) is 8.43. The summed E-state index contributed by atoms with van der Waals surface area (Å²) in [6.45, 7) is -0.495. The van der Waals surface area contributed by atoms with Crippen LogP contribution in [0.5, 0.6) is 0 Å². The van der Waals surface area contributed by atoms with Crippen molar-refractivity contribution in [3.8, 4) is 16.9 Å². The fraction of sp³-hybridized carbons (Fsp3) is 0.0741. The Balaban J connectivity index is 1.59. The van der Waals surface area contributed by atoms with Crippen molar-refractivity contribution in [2.24, 2.45) is 0 Å². The third kappa shape index (κ3) is 4.87. The first kappa shape index (κ1) is 25.4. The van der Waals surface area contributed by atoms with Crippen LogP contribution in [0.25, 0.3) is 28.0 Å². The standard InChI is InChI=1S/C27H18F3N5O4/c28-27(29,30)21-11-10-18-23(36)19(22(26(38)39)35(24(18)33-21)17-4-2-1-3-5-17)14-31-25(37)16-8-6-15(7-9-16)20-12-13-32-34-20/h1-13H,14H2,(H,31,37)(H,32,34)(H,38,39). The predicted molar refractivity (Wildman–Crippen MR) is 134 cm³/mol. The molecule has 3 N–H and O–H groups in total. The molecule has 196 valence electrons. The number of benzene rings is 2. The maximum absolute atomic E-state index is 13.4. The molecule has 0 atom stereocenters. The molecule has 0 unspecified atom stereocenters. The Morgan fingerprint density at radius 2 is 1.69 bits per heavy atom. The number of hydrogen-bond acceptors (Lipinski definition) is 5. The molecule has 0 aliphatic carbocycles. The maximum atomic E-state index is 13.4. The van der Waals surface area contributed by atoms with E-state index in [0.29, 0.717) is 6.07 Å². The minimum Gasteiger partial charge on any atom is -0.477 e. The number of fused-ring (bicyclic) bond motifs is 1. The highest BCUT2D eigenvalue weighted by Crippen LogP contribution is 2.30. The number of H-pyrrole nitrogens is 1. The van der Waals surface area contributed by atoms with Crippen LogP contribution in [-0.2, 0) is 12.7 Å². The molecule has 0 saturated carbocycles. The molecule has 39 heavy (non-hydrogen) atoms. The van der Waals surface area contributed by atoms with E-state index in [4.69, 9.17) is 0 Å². The molecule has 12 heteroatoms. The van der Waals surface area contributed by atoms with Crippen molar-refractivity contribution in [3.63, 3.8) is 0 Å². The summed E-state index contributed by atoms with van der Waals surface area (Å²) < 4.78 is 41.3. The largest absolute Gasteiger partial charge is 0.477 e. The molecule has 2 aromatic carbocycles. The lowest BCUT2D eigenvalue weighted by Gasteiger charge is -2.19. The Labute approximate surface area is 217 Å². The number of aromatic carboxylic acids is 1. The van der Waals surface area contributed by atoms with Gasteiger partial charge in [0, 0.05) is 24.0 Å². The zero-order valence-electron chi connectivity index (χ0n) is 19.9. The number of alkyl halides is 3. The first-order valence-corrected chi connectivity index (χ1v) is 11.5. The van der Waals surface area contributed by atoms with E-state index in [1.54, 1.807) is 54.7 Å². The molecule has 0 aliphatic rings. The number of nitrogens with one attached hydrogen (secondary N) is 2. The molecule has 5 rings (SSSR count). The van der Waals surface area contributed by atoms with Crippen molar-refractivity contribution in [1.29, 1.82) is 0 Å². The quantitative estimate of drug-likeness (QED) is 0.296. The van der Waals surface area contributed by atoms with Crippen LogP contribution >= 0.6 is 0 Å². The van der Waals surface area contributed by atoms with Gasteiger partial charge in [-0.25, -0.2) is 9.78 Å². The first-order chi connectivity index (χ1) is 18.6. The number of hydrogen-bond donors (Lipinski definition) is 3. The first-order valence-electron chi connectivity index (χ1n) is 11.5. The minimum atomic E-state index is -4.82. The topological polar surface area (TPSA) is 130 Å². The van der Waals surface area contributed by atoms with Crippen molar-refractivity contribution in [3.05, 3.63) is 112 Å².